The summed E-state index contributed by atoms with van der Waals surface area (Å²) in [6.07, 6.45) is 6.76. The summed E-state index contributed by atoms with van der Waals surface area (Å²) in [5, 5.41) is 3.74. The summed E-state index contributed by atoms with van der Waals surface area (Å²) in [5.74, 6) is 0. The van der Waals surface area contributed by atoms with Crippen molar-refractivity contribution in [2.45, 2.75) is 58.1 Å². The van der Waals surface area contributed by atoms with Gasteiger partial charge >= 0.3 is 0 Å². The van der Waals surface area contributed by atoms with E-state index < -0.39 is 0 Å². The van der Waals surface area contributed by atoms with Crippen LogP contribution in [0.15, 0.2) is 30.3 Å². The second kappa shape index (κ2) is 14.8. The predicted molar refractivity (Wildman–Crippen MR) is 112 cm³/mol. The van der Waals surface area contributed by atoms with Crippen molar-refractivity contribution in [1.82, 2.24) is 10.2 Å². The van der Waals surface area contributed by atoms with Gasteiger partial charge in [0.05, 0.1) is 6.10 Å². The van der Waals surface area contributed by atoms with Gasteiger partial charge in [-0.1, -0.05) is 36.8 Å². The molecule has 1 aliphatic rings. The minimum Gasteiger partial charge on any atom is -0.379 e. The second-order valence-electron chi connectivity index (χ2n) is 6.88. The first kappa shape index (κ1) is 24.7. The van der Waals surface area contributed by atoms with E-state index in [1.54, 1.807) is 0 Å². The molecule has 1 aliphatic heterocycles. The van der Waals surface area contributed by atoms with Crippen molar-refractivity contribution >= 4 is 24.8 Å². The molecular weight excluding hydrogens is 355 g/mol. The lowest BCUT2D eigenvalue weighted by atomic mass is 10.0. The van der Waals surface area contributed by atoms with E-state index in [0.29, 0.717) is 12.1 Å². The summed E-state index contributed by atoms with van der Waals surface area (Å²) < 4.78 is 5.75. The molecule has 0 aromatic heterocycles. The number of nitrogens with one attached hydrogen (secondary N) is 1. The molecule has 1 unspecified atom stereocenters. The topological polar surface area (TPSA) is 24.5 Å². The van der Waals surface area contributed by atoms with Crippen molar-refractivity contribution < 1.29 is 4.74 Å². The molecule has 0 saturated carbocycles. The molecule has 2 rings (SSSR count). The standard InChI is InChI=1S/C20H34N2O.2ClH/c1-18(2)23-17-12-20(19-10-5-3-6-11-19)21-13-9-16-22-14-7-4-8-15-22;;/h3,5-6,10-11,18,20-21H,4,7-9,12-17H2,1-2H3;2*1H. The molecule has 0 aliphatic carbocycles. The zero-order valence-corrected chi connectivity index (χ0v) is 17.4. The van der Waals surface area contributed by atoms with E-state index in [1.165, 1.54) is 50.9 Å². The summed E-state index contributed by atoms with van der Waals surface area (Å²) in [6, 6.07) is 11.2. The SMILES string of the molecule is CC(C)OCCC(NCCCN1CCCCC1)c1ccccc1.Cl.Cl. The van der Waals surface area contributed by atoms with Crippen molar-refractivity contribution in [2.24, 2.45) is 0 Å². The normalized spacial score (nSPS) is 16.1. The first-order valence-corrected chi connectivity index (χ1v) is 9.38. The van der Waals surface area contributed by atoms with Crippen LogP contribution in [0, 0.1) is 0 Å². The van der Waals surface area contributed by atoms with E-state index in [2.05, 4.69) is 54.4 Å². The Morgan fingerprint density at radius 2 is 1.72 bits per heavy atom. The Kier molecular flexibility index (Phi) is 14.6. The average Bonchev–Trinajstić information content (AvgIpc) is 2.58. The minimum atomic E-state index is 0. The molecule has 5 heteroatoms. The number of hydrogen-bond donors (Lipinski definition) is 1. The third kappa shape index (κ3) is 10.4. The molecule has 1 aromatic rings. The minimum absolute atomic E-state index is 0. The van der Waals surface area contributed by atoms with Crippen molar-refractivity contribution in [1.29, 1.82) is 0 Å². The highest BCUT2D eigenvalue weighted by atomic mass is 35.5. The van der Waals surface area contributed by atoms with Crippen LogP contribution in [0.4, 0.5) is 0 Å². The first-order chi connectivity index (χ1) is 11.3. The van der Waals surface area contributed by atoms with Gasteiger partial charge in [0.2, 0.25) is 0 Å². The van der Waals surface area contributed by atoms with Crippen LogP contribution in [0.2, 0.25) is 0 Å². The molecule has 0 bridgehead atoms. The molecular formula is C20H36Cl2N2O. The highest BCUT2D eigenvalue weighted by Gasteiger charge is 2.12. The fourth-order valence-corrected chi connectivity index (χ4v) is 3.26. The summed E-state index contributed by atoms with van der Waals surface area (Å²) >= 11 is 0. The predicted octanol–water partition coefficient (Wildman–Crippen LogP) is 4.85. The number of ether oxygens (including phenoxy) is 1. The Labute approximate surface area is 166 Å². The van der Waals surface area contributed by atoms with Crippen LogP contribution in [-0.2, 0) is 4.74 Å². The van der Waals surface area contributed by atoms with Crippen LogP contribution in [-0.4, -0.2) is 43.8 Å². The fourth-order valence-electron chi connectivity index (χ4n) is 3.26. The fraction of sp³-hybridized carbons (Fsp3) is 0.700. The van der Waals surface area contributed by atoms with E-state index in [4.69, 9.17) is 4.74 Å². The number of rotatable bonds is 10. The van der Waals surface area contributed by atoms with E-state index in [9.17, 15) is 0 Å². The van der Waals surface area contributed by atoms with Crippen molar-refractivity contribution in [2.75, 3.05) is 32.8 Å². The Balaban J connectivity index is 0.00000288. The Morgan fingerprint density at radius 3 is 2.36 bits per heavy atom. The molecule has 146 valence electrons. The van der Waals surface area contributed by atoms with Crippen LogP contribution >= 0.6 is 24.8 Å². The van der Waals surface area contributed by atoms with E-state index >= 15 is 0 Å². The van der Waals surface area contributed by atoms with Gasteiger partial charge < -0.3 is 15.0 Å². The largest absolute Gasteiger partial charge is 0.379 e. The number of nitrogens with zero attached hydrogens (tertiary/aromatic N) is 1. The number of benzene rings is 1. The molecule has 1 saturated heterocycles. The van der Waals surface area contributed by atoms with E-state index in [-0.39, 0.29) is 24.8 Å². The summed E-state index contributed by atoms with van der Waals surface area (Å²) in [7, 11) is 0. The van der Waals surface area contributed by atoms with Crippen molar-refractivity contribution in [3.63, 3.8) is 0 Å². The van der Waals surface area contributed by atoms with Gasteiger partial charge in [-0.15, -0.1) is 24.8 Å². The number of likely N-dealkylation sites (tertiary alicyclic amines) is 1. The summed E-state index contributed by atoms with van der Waals surface area (Å²) in [6.45, 7) is 9.92. The Morgan fingerprint density at radius 1 is 1.04 bits per heavy atom. The van der Waals surface area contributed by atoms with Crippen molar-refractivity contribution in [3.8, 4) is 0 Å². The van der Waals surface area contributed by atoms with Crippen LogP contribution in [0.1, 0.15) is 57.6 Å². The number of piperidine rings is 1. The van der Waals surface area contributed by atoms with Crippen LogP contribution in [0.3, 0.4) is 0 Å². The zero-order chi connectivity index (χ0) is 16.3. The highest BCUT2D eigenvalue weighted by Crippen LogP contribution is 2.17. The molecule has 25 heavy (non-hydrogen) atoms. The monoisotopic (exact) mass is 390 g/mol. The summed E-state index contributed by atoms with van der Waals surface area (Å²) in [4.78, 5) is 2.62. The molecule has 1 aromatic carbocycles. The molecule has 1 heterocycles. The van der Waals surface area contributed by atoms with E-state index in [1.807, 2.05) is 0 Å². The van der Waals surface area contributed by atoms with Gasteiger partial charge in [0.25, 0.3) is 0 Å². The molecule has 1 atom stereocenters. The number of hydrogen-bond acceptors (Lipinski definition) is 3. The molecule has 0 spiro atoms. The third-order valence-electron chi connectivity index (χ3n) is 4.55. The van der Waals surface area contributed by atoms with E-state index in [0.717, 1.165) is 19.6 Å². The van der Waals surface area contributed by atoms with Gasteiger partial charge in [-0.3, -0.25) is 0 Å². The average molecular weight is 391 g/mol. The lowest BCUT2D eigenvalue weighted by Gasteiger charge is -2.27. The van der Waals surface area contributed by atoms with Gasteiger partial charge in [0.1, 0.15) is 0 Å². The van der Waals surface area contributed by atoms with Gasteiger partial charge in [-0.05, 0) is 71.3 Å². The molecule has 0 radical (unpaired) electrons. The maximum absolute atomic E-state index is 5.75. The maximum atomic E-state index is 5.75. The lowest BCUT2D eigenvalue weighted by molar-refractivity contribution is 0.0713. The van der Waals surface area contributed by atoms with Crippen LogP contribution < -0.4 is 5.32 Å². The van der Waals surface area contributed by atoms with Gasteiger partial charge in [0, 0.05) is 12.6 Å². The zero-order valence-electron chi connectivity index (χ0n) is 15.8. The van der Waals surface area contributed by atoms with Crippen LogP contribution in [0.25, 0.3) is 0 Å². The molecule has 3 nitrogen and oxygen atoms in total. The van der Waals surface area contributed by atoms with Gasteiger partial charge in [0.15, 0.2) is 0 Å². The highest BCUT2D eigenvalue weighted by molar-refractivity contribution is 5.85. The lowest BCUT2D eigenvalue weighted by Crippen LogP contribution is -2.33. The molecule has 0 amide bonds. The summed E-state index contributed by atoms with van der Waals surface area (Å²) in [5.41, 5.74) is 1.37. The van der Waals surface area contributed by atoms with Crippen LogP contribution in [0.5, 0.6) is 0 Å². The molecule has 1 N–H and O–H groups in total. The maximum Gasteiger partial charge on any atom is 0.0518 e. The van der Waals surface area contributed by atoms with Gasteiger partial charge in [-0.2, -0.15) is 0 Å². The Hall–Kier alpha value is -0.320. The second-order valence-corrected chi connectivity index (χ2v) is 6.88. The van der Waals surface area contributed by atoms with Crippen molar-refractivity contribution in [3.05, 3.63) is 35.9 Å². The van der Waals surface area contributed by atoms with Gasteiger partial charge in [-0.25, -0.2) is 0 Å². The third-order valence-corrected chi connectivity index (χ3v) is 4.55. The number of halogens is 2. The Bertz CT molecular complexity index is 411. The molecule has 1 fully saturated rings. The smallest absolute Gasteiger partial charge is 0.0518 e. The quantitative estimate of drug-likeness (QED) is 0.577. The first-order valence-electron chi connectivity index (χ1n) is 9.38.